The fourth-order valence-corrected chi connectivity index (χ4v) is 3.66. The summed E-state index contributed by atoms with van der Waals surface area (Å²) in [7, 11) is -3.59. The van der Waals surface area contributed by atoms with Crippen LogP contribution in [0.25, 0.3) is 0 Å². The van der Waals surface area contributed by atoms with E-state index in [1.807, 2.05) is 0 Å². The molecule has 0 saturated carbocycles. The standard InChI is InChI=1S/C11H14BrN5O2S/c12-9-2-1-8(6-13)5-10(9)20(18,19)16-4-3-11-14-7-15-17-11/h1-2,5,7,16H,3-4,6,13H2,(H,14,15,17). The van der Waals surface area contributed by atoms with Crippen LogP contribution >= 0.6 is 15.9 Å². The molecule has 7 nitrogen and oxygen atoms in total. The zero-order chi connectivity index (χ0) is 14.6. The molecule has 0 fully saturated rings. The highest BCUT2D eigenvalue weighted by molar-refractivity contribution is 9.10. The highest BCUT2D eigenvalue weighted by Gasteiger charge is 2.17. The van der Waals surface area contributed by atoms with Gasteiger partial charge < -0.3 is 5.73 Å². The Kier molecular flexibility index (Phi) is 4.86. The number of aromatic nitrogens is 3. The van der Waals surface area contributed by atoms with Crippen LogP contribution in [0.1, 0.15) is 11.4 Å². The molecule has 0 aliphatic carbocycles. The zero-order valence-corrected chi connectivity index (χ0v) is 12.9. The maximum Gasteiger partial charge on any atom is 0.241 e. The van der Waals surface area contributed by atoms with Crippen LogP contribution < -0.4 is 10.5 Å². The lowest BCUT2D eigenvalue weighted by molar-refractivity contribution is 0.580. The molecule has 1 aromatic carbocycles. The summed E-state index contributed by atoms with van der Waals surface area (Å²) in [5.74, 6) is 0.627. The second kappa shape index (κ2) is 6.44. The van der Waals surface area contributed by atoms with Crippen molar-refractivity contribution in [3.63, 3.8) is 0 Å². The van der Waals surface area contributed by atoms with Gasteiger partial charge in [0, 0.05) is 24.0 Å². The van der Waals surface area contributed by atoms with E-state index >= 15 is 0 Å². The molecule has 0 atom stereocenters. The van der Waals surface area contributed by atoms with Crippen LogP contribution in [-0.2, 0) is 23.0 Å². The lowest BCUT2D eigenvalue weighted by Crippen LogP contribution is -2.26. The summed E-state index contributed by atoms with van der Waals surface area (Å²) in [5.41, 5.74) is 6.28. The maximum absolute atomic E-state index is 12.2. The first kappa shape index (κ1) is 15.1. The quantitative estimate of drug-likeness (QED) is 0.696. The van der Waals surface area contributed by atoms with E-state index in [9.17, 15) is 8.42 Å². The zero-order valence-electron chi connectivity index (χ0n) is 10.5. The van der Waals surface area contributed by atoms with E-state index in [-0.39, 0.29) is 18.0 Å². The van der Waals surface area contributed by atoms with E-state index < -0.39 is 10.0 Å². The minimum absolute atomic E-state index is 0.179. The molecule has 0 aliphatic rings. The lowest BCUT2D eigenvalue weighted by Gasteiger charge is -2.09. The van der Waals surface area contributed by atoms with Crippen LogP contribution in [0.4, 0.5) is 0 Å². The molecule has 9 heteroatoms. The summed E-state index contributed by atoms with van der Waals surface area (Å²) in [4.78, 5) is 4.10. The van der Waals surface area contributed by atoms with Crippen LogP contribution in [0, 0.1) is 0 Å². The predicted octanol–water partition coefficient (Wildman–Crippen LogP) is 0.547. The van der Waals surface area contributed by atoms with E-state index in [4.69, 9.17) is 5.73 Å². The Labute approximate surface area is 125 Å². The Morgan fingerprint density at radius 2 is 2.20 bits per heavy atom. The van der Waals surface area contributed by atoms with E-state index in [0.717, 1.165) is 5.56 Å². The maximum atomic E-state index is 12.2. The van der Waals surface area contributed by atoms with Gasteiger partial charge >= 0.3 is 0 Å². The molecule has 108 valence electrons. The molecule has 4 N–H and O–H groups in total. The number of rotatable bonds is 6. The molecule has 0 bridgehead atoms. The Hall–Kier alpha value is -1.29. The van der Waals surface area contributed by atoms with Gasteiger partial charge in [-0.1, -0.05) is 6.07 Å². The van der Waals surface area contributed by atoms with Gasteiger partial charge in [0.2, 0.25) is 10.0 Å². The fraction of sp³-hybridized carbons (Fsp3) is 0.273. The van der Waals surface area contributed by atoms with Crippen molar-refractivity contribution in [1.29, 1.82) is 0 Å². The number of nitrogens with one attached hydrogen (secondary N) is 2. The van der Waals surface area contributed by atoms with Gasteiger partial charge in [0.05, 0.1) is 4.90 Å². The van der Waals surface area contributed by atoms with Crippen LogP contribution in [0.2, 0.25) is 0 Å². The first-order valence-corrected chi connectivity index (χ1v) is 8.13. The number of sulfonamides is 1. The summed E-state index contributed by atoms with van der Waals surface area (Å²) in [5, 5.41) is 6.37. The number of nitrogens with zero attached hydrogens (tertiary/aromatic N) is 2. The average Bonchev–Trinajstić information content (AvgIpc) is 2.92. The SMILES string of the molecule is NCc1ccc(Br)c(S(=O)(=O)NCCc2ncn[nH]2)c1. The highest BCUT2D eigenvalue weighted by Crippen LogP contribution is 2.22. The normalized spacial score (nSPS) is 11.7. The van der Waals surface area contributed by atoms with Crippen molar-refractivity contribution >= 4 is 26.0 Å². The second-order valence-corrected chi connectivity index (χ2v) is 6.64. The Balaban J connectivity index is 2.09. The van der Waals surface area contributed by atoms with Crippen LogP contribution in [0.5, 0.6) is 0 Å². The molecule has 2 rings (SSSR count). The fourth-order valence-electron chi connectivity index (χ4n) is 1.61. The summed E-state index contributed by atoms with van der Waals surface area (Å²) in [6.07, 6.45) is 1.82. The van der Waals surface area contributed by atoms with Crippen molar-refractivity contribution < 1.29 is 8.42 Å². The Morgan fingerprint density at radius 1 is 1.40 bits per heavy atom. The molecule has 2 aromatic rings. The number of nitrogens with two attached hydrogens (primary N) is 1. The number of hydrogen-bond acceptors (Lipinski definition) is 5. The Bertz CT molecular complexity index is 672. The third-order valence-electron chi connectivity index (χ3n) is 2.64. The van der Waals surface area contributed by atoms with Crippen molar-refractivity contribution in [2.75, 3.05) is 6.54 Å². The average molecular weight is 360 g/mol. The molecule has 0 amide bonds. The van der Waals surface area contributed by atoms with Gasteiger partial charge in [0.15, 0.2) is 0 Å². The lowest BCUT2D eigenvalue weighted by atomic mass is 10.2. The predicted molar refractivity (Wildman–Crippen MR) is 77.3 cm³/mol. The van der Waals surface area contributed by atoms with E-state index in [2.05, 4.69) is 35.8 Å². The third-order valence-corrected chi connectivity index (χ3v) is 5.09. The minimum Gasteiger partial charge on any atom is -0.326 e. The molecule has 0 radical (unpaired) electrons. The molecular formula is C11H14BrN5O2S. The minimum atomic E-state index is -3.59. The van der Waals surface area contributed by atoms with Gasteiger partial charge in [-0.2, -0.15) is 5.10 Å². The van der Waals surface area contributed by atoms with Gasteiger partial charge in [-0.3, -0.25) is 5.10 Å². The van der Waals surface area contributed by atoms with E-state index in [1.165, 1.54) is 6.33 Å². The van der Waals surface area contributed by atoms with Gasteiger partial charge in [0.1, 0.15) is 12.2 Å². The van der Waals surface area contributed by atoms with Crippen molar-refractivity contribution in [1.82, 2.24) is 19.9 Å². The highest BCUT2D eigenvalue weighted by atomic mass is 79.9. The molecule has 0 aliphatic heterocycles. The monoisotopic (exact) mass is 359 g/mol. The largest absolute Gasteiger partial charge is 0.326 e. The van der Waals surface area contributed by atoms with Crippen LogP contribution in [0.3, 0.4) is 0 Å². The number of aromatic amines is 1. The molecule has 0 unspecified atom stereocenters. The molecule has 20 heavy (non-hydrogen) atoms. The summed E-state index contributed by atoms with van der Waals surface area (Å²) >= 11 is 3.24. The first-order chi connectivity index (χ1) is 9.53. The third kappa shape index (κ3) is 3.63. The number of benzene rings is 1. The van der Waals surface area contributed by atoms with Crippen LogP contribution in [-0.4, -0.2) is 30.1 Å². The molecule has 0 saturated heterocycles. The smallest absolute Gasteiger partial charge is 0.241 e. The van der Waals surface area contributed by atoms with Gasteiger partial charge in [-0.05, 0) is 33.6 Å². The first-order valence-electron chi connectivity index (χ1n) is 5.85. The van der Waals surface area contributed by atoms with Gasteiger partial charge in [-0.15, -0.1) is 0 Å². The molecular weight excluding hydrogens is 346 g/mol. The number of H-pyrrole nitrogens is 1. The Morgan fingerprint density at radius 3 is 2.85 bits per heavy atom. The second-order valence-electron chi connectivity index (χ2n) is 4.05. The van der Waals surface area contributed by atoms with Crippen molar-refractivity contribution in [2.45, 2.75) is 17.9 Å². The molecule has 1 heterocycles. The summed E-state index contributed by atoms with van der Waals surface area (Å²) < 4.78 is 27.5. The number of halogens is 1. The summed E-state index contributed by atoms with van der Waals surface area (Å²) in [6.45, 7) is 0.519. The number of hydrogen-bond donors (Lipinski definition) is 3. The van der Waals surface area contributed by atoms with Crippen molar-refractivity contribution in [3.05, 3.63) is 40.4 Å². The van der Waals surface area contributed by atoms with E-state index in [1.54, 1.807) is 18.2 Å². The van der Waals surface area contributed by atoms with Gasteiger partial charge in [-0.25, -0.2) is 18.1 Å². The molecule has 1 aromatic heterocycles. The van der Waals surface area contributed by atoms with Crippen LogP contribution in [0.15, 0.2) is 33.9 Å². The van der Waals surface area contributed by atoms with E-state index in [0.29, 0.717) is 16.7 Å². The van der Waals surface area contributed by atoms with Crippen molar-refractivity contribution in [2.24, 2.45) is 5.73 Å². The van der Waals surface area contributed by atoms with Crippen molar-refractivity contribution in [3.8, 4) is 0 Å². The molecule has 0 spiro atoms. The van der Waals surface area contributed by atoms with Gasteiger partial charge in [0.25, 0.3) is 0 Å². The topological polar surface area (TPSA) is 114 Å². The summed E-state index contributed by atoms with van der Waals surface area (Å²) in [6, 6.07) is 5.01.